The van der Waals surface area contributed by atoms with Gasteiger partial charge in [-0.1, -0.05) is 18.2 Å². The molecule has 1 aliphatic heterocycles. The van der Waals surface area contributed by atoms with Crippen LogP contribution in [-0.2, 0) is 10.7 Å². The summed E-state index contributed by atoms with van der Waals surface area (Å²) in [7, 11) is 0. The van der Waals surface area contributed by atoms with Crippen molar-refractivity contribution < 1.29 is 13.5 Å². The fourth-order valence-electron chi connectivity index (χ4n) is 2.01. The van der Waals surface area contributed by atoms with E-state index in [1.165, 1.54) is 12.1 Å². The highest BCUT2D eigenvalue weighted by atomic mass is 19.3. The number of rotatable bonds is 3. The Bertz CT molecular complexity index is 425. The van der Waals surface area contributed by atoms with Crippen LogP contribution in [0.5, 0.6) is 0 Å². The third-order valence-corrected chi connectivity index (χ3v) is 3.01. The summed E-state index contributed by atoms with van der Waals surface area (Å²) < 4.78 is 33.3. The van der Waals surface area contributed by atoms with Gasteiger partial charge < -0.3 is 10.1 Å². The minimum absolute atomic E-state index is 0.0616. The minimum Gasteiger partial charge on any atom is -0.372 e. The number of hydrogen-bond donors (Lipinski definition) is 1. The van der Waals surface area contributed by atoms with E-state index in [1.54, 1.807) is 19.1 Å². The van der Waals surface area contributed by atoms with Crippen LogP contribution in [0.1, 0.15) is 30.9 Å². The van der Waals surface area contributed by atoms with Crippen molar-refractivity contribution in [3.05, 3.63) is 35.4 Å². The molecule has 2 nitrogen and oxygen atoms in total. The van der Waals surface area contributed by atoms with E-state index in [9.17, 15) is 8.78 Å². The van der Waals surface area contributed by atoms with Crippen LogP contribution in [0.3, 0.4) is 0 Å². The number of benzene rings is 1. The summed E-state index contributed by atoms with van der Waals surface area (Å²) >= 11 is 0. The molecule has 4 heteroatoms. The van der Waals surface area contributed by atoms with E-state index in [-0.39, 0.29) is 11.3 Å². The summed E-state index contributed by atoms with van der Waals surface area (Å²) in [5.74, 6) is -2.97. The van der Waals surface area contributed by atoms with Gasteiger partial charge in [-0.25, -0.2) is 0 Å². The van der Waals surface area contributed by atoms with Gasteiger partial charge in [0.25, 0.3) is 5.92 Å². The molecule has 92 valence electrons. The van der Waals surface area contributed by atoms with Crippen LogP contribution in [0, 0.1) is 5.41 Å². The lowest BCUT2D eigenvalue weighted by Gasteiger charge is -2.23. The van der Waals surface area contributed by atoms with Crippen molar-refractivity contribution >= 4 is 5.71 Å². The van der Waals surface area contributed by atoms with Gasteiger partial charge in [-0.3, -0.25) is 0 Å². The third-order valence-electron chi connectivity index (χ3n) is 3.01. The number of alkyl halides is 2. The standard InChI is InChI=1S/C13H15F2NO/c1-9(16)10-4-2-5-11(8-10)13(14,15)12-6-3-7-17-12/h2,4-5,8,12,16H,3,6-7H2,1H3. The van der Waals surface area contributed by atoms with E-state index >= 15 is 0 Å². The van der Waals surface area contributed by atoms with Gasteiger partial charge in [-0.05, 0) is 31.4 Å². The molecule has 17 heavy (non-hydrogen) atoms. The monoisotopic (exact) mass is 239 g/mol. The molecule has 0 amide bonds. The fourth-order valence-corrected chi connectivity index (χ4v) is 2.01. The Balaban J connectivity index is 2.31. The molecule has 0 aliphatic carbocycles. The maximum absolute atomic E-state index is 14.1. The van der Waals surface area contributed by atoms with Crippen LogP contribution in [-0.4, -0.2) is 18.4 Å². The van der Waals surface area contributed by atoms with Crippen molar-refractivity contribution in [3.63, 3.8) is 0 Å². The second-order valence-corrected chi connectivity index (χ2v) is 4.33. The average molecular weight is 239 g/mol. The first kappa shape index (κ1) is 12.2. The SMILES string of the molecule is CC(=N)c1cccc(C(F)(F)C2CCCO2)c1. The molecule has 0 radical (unpaired) electrons. The molecule has 1 saturated heterocycles. The first-order valence-electron chi connectivity index (χ1n) is 5.67. The van der Waals surface area contributed by atoms with E-state index in [4.69, 9.17) is 10.1 Å². The zero-order valence-electron chi connectivity index (χ0n) is 9.67. The molecule has 1 aromatic carbocycles. The summed E-state index contributed by atoms with van der Waals surface area (Å²) in [5, 5.41) is 7.47. The van der Waals surface area contributed by atoms with E-state index in [2.05, 4.69) is 0 Å². The Morgan fingerprint density at radius 2 is 2.24 bits per heavy atom. The van der Waals surface area contributed by atoms with Crippen LogP contribution in [0.2, 0.25) is 0 Å². The molecule has 2 rings (SSSR count). The number of ether oxygens (including phenoxy) is 1. The molecular weight excluding hydrogens is 224 g/mol. The zero-order chi connectivity index (χ0) is 12.5. The van der Waals surface area contributed by atoms with Gasteiger partial charge in [-0.2, -0.15) is 8.78 Å². The lowest BCUT2D eigenvalue weighted by atomic mass is 9.98. The lowest BCUT2D eigenvalue weighted by Crippen LogP contribution is -2.30. The molecule has 1 heterocycles. The number of nitrogens with one attached hydrogen (secondary N) is 1. The van der Waals surface area contributed by atoms with Gasteiger partial charge in [-0.15, -0.1) is 0 Å². The van der Waals surface area contributed by atoms with Crippen LogP contribution >= 0.6 is 0 Å². The van der Waals surface area contributed by atoms with Crippen molar-refractivity contribution in [2.45, 2.75) is 31.8 Å². The highest BCUT2D eigenvalue weighted by Crippen LogP contribution is 2.38. The van der Waals surface area contributed by atoms with Gasteiger partial charge >= 0.3 is 0 Å². The van der Waals surface area contributed by atoms with Gasteiger partial charge in [0.15, 0.2) is 0 Å². The van der Waals surface area contributed by atoms with Crippen molar-refractivity contribution in [1.82, 2.24) is 0 Å². The summed E-state index contributed by atoms with van der Waals surface area (Å²) in [6.45, 7) is 1.99. The Morgan fingerprint density at radius 3 is 2.82 bits per heavy atom. The maximum atomic E-state index is 14.1. The van der Waals surface area contributed by atoms with Crippen molar-refractivity contribution in [3.8, 4) is 0 Å². The lowest BCUT2D eigenvalue weighted by molar-refractivity contribution is -0.122. The van der Waals surface area contributed by atoms with E-state index in [1.807, 2.05) is 0 Å². The first-order valence-corrected chi connectivity index (χ1v) is 5.67. The maximum Gasteiger partial charge on any atom is 0.298 e. The molecule has 0 aromatic heterocycles. The normalized spacial score (nSPS) is 20.5. The van der Waals surface area contributed by atoms with Crippen LogP contribution in [0.15, 0.2) is 24.3 Å². The van der Waals surface area contributed by atoms with E-state index in [0.29, 0.717) is 25.0 Å². The predicted octanol–water partition coefficient (Wildman–Crippen LogP) is 3.35. The van der Waals surface area contributed by atoms with Gasteiger partial charge in [0.1, 0.15) is 6.10 Å². The molecule has 1 N–H and O–H groups in total. The van der Waals surface area contributed by atoms with Crippen LogP contribution in [0.4, 0.5) is 8.78 Å². The average Bonchev–Trinajstić information content (AvgIpc) is 2.83. The predicted molar refractivity (Wildman–Crippen MR) is 61.8 cm³/mol. The Hall–Kier alpha value is -1.29. The molecule has 1 aliphatic rings. The molecular formula is C13H15F2NO. The second-order valence-electron chi connectivity index (χ2n) is 4.33. The smallest absolute Gasteiger partial charge is 0.298 e. The topological polar surface area (TPSA) is 33.1 Å². The summed E-state index contributed by atoms with van der Waals surface area (Å²) in [5.41, 5.74) is 0.753. The number of halogens is 2. The van der Waals surface area contributed by atoms with Crippen LogP contribution < -0.4 is 0 Å². The Morgan fingerprint density at radius 1 is 1.47 bits per heavy atom. The van der Waals surface area contributed by atoms with Crippen LogP contribution in [0.25, 0.3) is 0 Å². The van der Waals surface area contributed by atoms with Gasteiger partial charge in [0.2, 0.25) is 0 Å². The quantitative estimate of drug-likeness (QED) is 0.806. The number of hydrogen-bond acceptors (Lipinski definition) is 2. The summed E-state index contributed by atoms with van der Waals surface area (Å²) in [6.07, 6.45) is 0.0495. The molecule has 1 fully saturated rings. The van der Waals surface area contributed by atoms with Crippen molar-refractivity contribution in [1.29, 1.82) is 5.41 Å². The third kappa shape index (κ3) is 2.36. The second kappa shape index (κ2) is 4.53. The fraction of sp³-hybridized carbons (Fsp3) is 0.462. The highest BCUT2D eigenvalue weighted by Gasteiger charge is 2.43. The van der Waals surface area contributed by atoms with E-state index in [0.717, 1.165) is 0 Å². The summed E-state index contributed by atoms with van der Waals surface area (Å²) in [6, 6.07) is 6.00. The van der Waals surface area contributed by atoms with Gasteiger partial charge in [0, 0.05) is 17.9 Å². The van der Waals surface area contributed by atoms with Crippen molar-refractivity contribution in [2.24, 2.45) is 0 Å². The molecule has 0 bridgehead atoms. The zero-order valence-corrected chi connectivity index (χ0v) is 9.67. The molecule has 1 unspecified atom stereocenters. The van der Waals surface area contributed by atoms with Crippen molar-refractivity contribution in [2.75, 3.05) is 6.61 Å². The first-order chi connectivity index (χ1) is 8.01. The molecule has 0 spiro atoms. The molecule has 0 saturated carbocycles. The Labute approximate surface area is 99.1 Å². The highest BCUT2D eigenvalue weighted by molar-refractivity contribution is 5.96. The minimum atomic E-state index is -2.97. The van der Waals surface area contributed by atoms with E-state index < -0.39 is 12.0 Å². The van der Waals surface area contributed by atoms with Gasteiger partial charge in [0.05, 0.1) is 0 Å². The largest absolute Gasteiger partial charge is 0.372 e. The molecule has 1 atom stereocenters. The Kier molecular flexibility index (Phi) is 3.24. The molecule has 1 aromatic rings. The summed E-state index contributed by atoms with van der Waals surface area (Å²) in [4.78, 5) is 0.